The third-order valence-electron chi connectivity index (χ3n) is 4.81. The quantitative estimate of drug-likeness (QED) is 0.772. The van der Waals surface area contributed by atoms with E-state index in [2.05, 4.69) is 40.3 Å². The highest BCUT2D eigenvalue weighted by Crippen LogP contribution is 2.28. The van der Waals surface area contributed by atoms with Crippen LogP contribution in [-0.4, -0.2) is 29.1 Å². The van der Waals surface area contributed by atoms with Gasteiger partial charge in [0.2, 0.25) is 0 Å². The van der Waals surface area contributed by atoms with Gasteiger partial charge in [0.15, 0.2) is 0 Å². The minimum atomic E-state index is -0.0886. The van der Waals surface area contributed by atoms with Gasteiger partial charge in [0.25, 0.3) is 5.91 Å². The van der Waals surface area contributed by atoms with E-state index in [0.29, 0.717) is 5.56 Å². The first-order valence-electron chi connectivity index (χ1n) is 8.82. The van der Waals surface area contributed by atoms with E-state index in [-0.39, 0.29) is 5.91 Å². The average Bonchev–Trinajstić information content (AvgIpc) is 3.04. The second-order valence-electron chi connectivity index (χ2n) is 6.37. The number of carbonyl (C=O) groups is 1. The van der Waals surface area contributed by atoms with Crippen LogP contribution in [0.2, 0.25) is 0 Å². The van der Waals surface area contributed by atoms with Crippen molar-refractivity contribution >= 4 is 22.6 Å². The molecule has 0 spiro atoms. The zero-order valence-electron chi connectivity index (χ0n) is 14.6. The number of amides is 1. The second-order valence-corrected chi connectivity index (χ2v) is 6.37. The number of benzene rings is 2. The molecule has 4 rings (SSSR count). The molecule has 2 N–H and O–H groups in total. The number of hydrogen-bond donors (Lipinski definition) is 2. The van der Waals surface area contributed by atoms with E-state index < -0.39 is 0 Å². The number of fused-ring (bicyclic) bond motifs is 2. The standard InChI is InChI=1S/C20H22N4O/c1-3-19-23-17-12-14(20(25)21-2)6-9-18(17)24(19)15-7-8-16-13(11-15)5-4-10-22-16/h6-9,11-12,22H,3-5,10H2,1-2H3,(H,21,25). The van der Waals surface area contributed by atoms with Crippen LogP contribution in [0.15, 0.2) is 36.4 Å². The Labute approximate surface area is 147 Å². The van der Waals surface area contributed by atoms with Crippen molar-refractivity contribution in [2.24, 2.45) is 0 Å². The fraction of sp³-hybridized carbons (Fsp3) is 0.300. The summed E-state index contributed by atoms with van der Waals surface area (Å²) in [7, 11) is 1.64. The van der Waals surface area contributed by atoms with Gasteiger partial charge in [-0.3, -0.25) is 9.36 Å². The van der Waals surface area contributed by atoms with Crippen LogP contribution in [0, 0.1) is 0 Å². The summed E-state index contributed by atoms with van der Waals surface area (Å²) < 4.78 is 2.21. The SMILES string of the molecule is CCc1nc2cc(C(=O)NC)ccc2n1-c1ccc2c(c1)CCCN2. The van der Waals surface area contributed by atoms with Crippen LogP contribution >= 0.6 is 0 Å². The Hall–Kier alpha value is -2.82. The smallest absolute Gasteiger partial charge is 0.251 e. The van der Waals surface area contributed by atoms with Crippen molar-refractivity contribution in [3.05, 3.63) is 53.3 Å². The lowest BCUT2D eigenvalue weighted by atomic mass is 10.0. The molecule has 0 aliphatic carbocycles. The predicted octanol–water partition coefficient (Wildman–Crippen LogP) is 3.31. The molecule has 0 saturated heterocycles. The summed E-state index contributed by atoms with van der Waals surface area (Å²) in [5.74, 6) is 0.919. The first-order chi connectivity index (χ1) is 12.2. The molecular formula is C20H22N4O. The summed E-state index contributed by atoms with van der Waals surface area (Å²) in [4.78, 5) is 16.7. The first kappa shape index (κ1) is 15.7. The summed E-state index contributed by atoms with van der Waals surface area (Å²) in [5.41, 5.74) is 6.25. The number of imidazole rings is 1. The number of aromatic nitrogens is 2. The minimum absolute atomic E-state index is 0.0886. The lowest BCUT2D eigenvalue weighted by Crippen LogP contribution is -2.17. The number of anilines is 1. The van der Waals surface area contributed by atoms with Gasteiger partial charge in [-0.15, -0.1) is 0 Å². The molecule has 0 saturated carbocycles. The van der Waals surface area contributed by atoms with Gasteiger partial charge in [-0.25, -0.2) is 4.98 Å². The number of hydrogen-bond acceptors (Lipinski definition) is 3. The van der Waals surface area contributed by atoms with E-state index in [1.807, 2.05) is 18.2 Å². The molecule has 0 bridgehead atoms. The van der Waals surface area contributed by atoms with Crippen LogP contribution in [0.4, 0.5) is 5.69 Å². The van der Waals surface area contributed by atoms with E-state index in [9.17, 15) is 4.79 Å². The van der Waals surface area contributed by atoms with Crippen molar-refractivity contribution < 1.29 is 4.79 Å². The molecule has 1 amide bonds. The maximum Gasteiger partial charge on any atom is 0.251 e. The van der Waals surface area contributed by atoms with Gasteiger partial charge in [0.05, 0.1) is 11.0 Å². The fourth-order valence-electron chi connectivity index (χ4n) is 3.54. The number of aryl methyl sites for hydroxylation is 2. The predicted molar refractivity (Wildman–Crippen MR) is 101 cm³/mol. The molecule has 128 valence electrons. The molecule has 2 aromatic carbocycles. The third kappa shape index (κ3) is 2.65. The Morgan fingerprint density at radius 3 is 2.96 bits per heavy atom. The van der Waals surface area contributed by atoms with Gasteiger partial charge in [-0.2, -0.15) is 0 Å². The van der Waals surface area contributed by atoms with Crippen LogP contribution < -0.4 is 10.6 Å². The fourth-order valence-corrected chi connectivity index (χ4v) is 3.54. The number of rotatable bonds is 3. The first-order valence-corrected chi connectivity index (χ1v) is 8.82. The van der Waals surface area contributed by atoms with Crippen LogP contribution in [0.3, 0.4) is 0 Å². The van der Waals surface area contributed by atoms with Crippen molar-refractivity contribution in [1.82, 2.24) is 14.9 Å². The summed E-state index contributed by atoms with van der Waals surface area (Å²) in [6.07, 6.45) is 3.10. The minimum Gasteiger partial charge on any atom is -0.385 e. The highest BCUT2D eigenvalue weighted by molar-refractivity contribution is 5.97. The average molecular weight is 334 g/mol. The third-order valence-corrected chi connectivity index (χ3v) is 4.81. The molecular weight excluding hydrogens is 312 g/mol. The Kier molecular flexibility index (Phi) is 3.92. The normalized spacial score (nSPS) is 13.4. The molecule has 1 aromatic heterocycles. The molecule has 0 fully saturated rings. The maximum atomic E-state index is 11.9. The Morgan fingerprint density at radius 2 is 2.16 bits per heavy atom. The van der Waals surface area contributed by atoms with Gasteiger partial charge in [0, 0.05) is 37.0 Å². The number of nitrogens with zero attached hydrogens (tertiary/aromatic N) is 2. The van der Waals surface area contributed by atoms with Gasteiger partial charge in [-0.05, 0) is 54.8 Å². The lowest BCUT2D eigenvalue weighted by molar-refractivity contribution is 0.0963. The van der Waals surface area contributed by atoms with Gasteiger partial charge >= 0.3 is 0 Å². The van der Waals surface area contributed by atoms with E-state index in [4.69, 9.17) is 4.98 Å². The van der Waals surface area contributed by atoms with E-state index in [1.54, 1.807) is 7.05 Å². The lowest BCUT2D eigenvalue weighted by Gasteiger charge is -2.19. The Balaban J connectivity index is 1.87. The summed E-state index contributed by atoms with van der Waals surface area (Å²) >= 11 is 0. The molecule has 5 nitrogen and oxygen atoms in total. The Bertz CT molecular complexity index is 958. The van der Waals surface area contributed by atoms with Crippen LogP contribution in [0.5, 0.6) is 0 Å². The molecule has 25 heavy (non-hydrogen) atoms. The monoisotopic (exact) mass is 334 g/mol. The van der Waals surface area contributed by atoms with Gasteiger partial charge < -0.3 is 10.6 Å². The molecule has 2 heterocycles. The van der Waals surface area contributed by atoms with E-state index in [1.165, 1.54) is 11.3 Å². The zero-order valence-corrected chi connectivity index (χ0v) is 14.6. The van der Waals surface area contributed by atoms with Crippen LogP contribution in [-0.2, 0) is 12.8 Å². The van der Waals surface area contributed by atoms with E-state index in [0.717, 1.165) is 48.4 Å². The Morgan fingerprint density at radius 1 is 1.28 bits per heavy atom. The highest BCUT2D eigenvalue weighted by Gasteiger charge is 2.15. The maximum absolute atomic E-state index is 11.9. The largest absolute Gasteiger partial charge is 0.385 e. The summed E-state index contributed by atoms with van der Waals surface area (Å²) in [5, 5.41) is 6.12. The molecule has 0 unspecified atom stereocenters. The second kappa shape index (κ2) is 6.24. The molecule has 1 aliphatic rings. The van der Waals surface area contributed by atoms with Crippen molar-refractivity contribution in [1.29, 1.82) is 0 Å². The van der Waals surface area contributed by atoms with Crippen molar-refractivity contribution in [3.8, 4) is 5.69 Å². The van der Waals surface area contributed by atoms with E-state index >= 15 is 0 Å². The van der Waals surface area contributed by atoms with Crippen LogP contribution in [0.1, 0.15) is 35.1 Å². The molecule has 1 aliphatic heterocycles. The summed E-state index contributed by atoms with van der Waals surface area (Å²) in [6.45, 7) is 3.15. The zero-order chi connectivity index (χ0) is 17.4. The van der Waals surface area contributed by atoms with Crippen LogP contribution in [0.25, 0.3) is 16.7 Å². The van der Waals surface area contributed by atoms with Crippen molar-refractivity contribution in [3.63, 3.8) is 0 Å². The molecule has 3 aromatic rings. The summed E-state index contributed by atoms with van der Waals surface area (Å²) in [6, 6.07) is 12.3. The van der Waals surface area contributed by atoms with Crippen molar-refractivity contribution in [2.75, 3.05) is 18.9 Å². The van der Waals surface area contributed by atoms with Crippen molar-refractivity contribution in [2.45, 2.75) is 26.2 Å². The molecule has 0 radical (unpaired) electrons. The van der Waals surface area contributed by atoms with Gasteiger partial charge in [-0.1, -0.05) is 6.92 Å². The topological polar surface area (TPSA) is 59.0 Å². The van der Waals surface area contributed by atoms with Gasteiger partial charge in [0.1, 0.15) is 5.82 Å². The number of nitrogens with one attached hydrogen (secondary N) is 2. The molecule has 0 atom stereocenters. The number of carbonyl (C=O) groups excluding carboxylic acids is 1. The molecule has 5 heteroatoms. The highest BCUT2D eigenvalue weighted by atomic mass is 16.1.